The number of nitrogens with two attached hydrogens (primary N) is 1. The second-order valence-corrected chi connectivity index (χ2v) is 4.35. The minimum atomic E-state index is 0.363. The van der Waals surface area contributed by atoms with E-state index in [0.717, 1.165) is 11.0 Å². The Hall–Kier alpha value is -2.14. The third kappa shape index (κ3) is 1.60. The monoisotopic (exact) mass is 259 g/mol. The van der Waals surface area contributed by atoms with Crippen molar-refractivity contribution in [1.82, 2.24) is 19.5 Å². The third-order valence-corrected chi connectivity index (χ3v) is 3.02. The number of halogens is 1. The molecule has 0 aliphatic rings. The summed E-state index contributed by atoms with van der Waals surface area (Å²) >= 11 is 5.98. The van der Waals surface area contributed by atoms with E-state index in [-0.39, 0.29) is 0 Å². The molecule has 0 spiro atoms. The molecule has 2 N–H and O–H groups in total. The van der Waals surface area contributed by atoms with E-state index in [2.05, 4.69) is 15.0 Å². The molecule has 0 radical (unpaired) electrons. The number of benzene rings is 1. The highest BCUT2D eigenvalue weighted by atomic mass is 35.5. The van der Waals surface area contributed by atoms with Crippen molar-refractivity contribution in [3.05, 3.63) is 35.6 Å². The molecule has 0 saturated carbocycles. The molecule has 0 unspecified atom stereocenters. The number of imidazole rings is 1. The van der Waals surface area contributed by atoms with Crippen LogP contribution in [0.25, 0.3) is 22.6 Å². The Morgan fingerprint density at radius 3 is 2.78 bits per heavy atom. The molecule has 0 fully saturated rings. The average Bonchev–Trinajstić information content (AvgIpc) is 2.68. The van der Waals surface area contributed by atoms with E-state index >= 15 is 0 Å². The molecule has 5 nitrogen and oxygen atoms in total. The van der Waals surface area contributed by atoms with Crippen LogP contribution in [0.1, 0.15) is 0 Å². The first kappa shape index (κ1) is 11.0. The summed E-state index contributed by atoms with van der Waals surface area (Å²) in [7, 11) is 1.90. The Bertz CT molecular complexity index is 734. The van der Waals surface area contributed by atoms with Crippen LogP contribution in [0.15, 0.2) is 30.6 Å². The average molecular weight is 260 g/mol. The molecule has 0 atom stereocenters. The van der Waals surface area contributed by atoms with Crippen molar-refractivity contribution >= 4 is 28.5 Å². The van der Waals surface area contributed by atoms with Crippen molar-refractivity contribution in [2.75, 3.05) is 5.73 Å². The SMILES string of the molecule is Cn1c(-c2nccnc2N)nc2ccc(Cl)cc21. The summed E-state index contributed by atoms with van der Waals surface area (Å²) in [5.74, 6) is 1.04. The van der Waals surface area contributed by atoms with Crippen LogP contribution in [-0.4, -0.2) is 19.5 Å². The lowest BCUT2D eigenvalue weighted by Gasteiger charge is -2.03. The first-order chi connectivity index (χ1) is 8.66. The number of rotatable bonds is 1. The molecular formula is C12H10ClN5. The summed E-state index contributed by atoms with van der Waals surface area (Å²) < 4.78 is 1.90. The van der Waals surface area contributed by atoms with E-state index in [9.17, 15) is 0 Å². The minimum Gasteiger partial charge on any atom is -0.382 e. The van der Waals surface area contributed by atoms with Crippen molar-refractivity contribution in [2.24, 2.45) is 7.05 Å². The molecule has 2 heterocycles. The van der Waals surface area contributed by atoms with Crippen molar-refractivity contribution < 1.29 is 0 Å². The quantitative estimate of drug-likeness (QED) is 0.728. The molecule has 0 aliphatic carbocycles. The van der Waals surface area contributed by atoms with Gasteiger partial charge in [0.1, 0.15) is 5.69 Å². The zero-order valence-electron chi connectivity index (χ0n) is 9.63. The number of aryl methyl sites for hydroxylation is 1. The van der Waals surface area contributed by atoms with Crippen LogP contribution in [-0.2, 0) is 7.05 Å². The van der Waals surface area contributed by atoms with Gasteiger partial charge in [0.2, 0.25) is 0 Å². The molecule has 0 saturated heterocycles. The van der Waals surface area contributed by atoms with Gasteiger partial charge in [-0.15, -0.1) is 0 Å². The van der Waals surface area contributed by atoms with Gasteiger partial charge in [0.05, 0.1) is 11.0 Å². The van der Waals surface area contributed by atoms with Gasteiger partial charge in [-0.05, 0) is 18.2 Å². The number of nitrogens with zero attached hydrogens (tertiary/aromatic N) is 4. The number of fused-ring (bicyclic) bond motifs is 1. The van der Waals surface area contributed by atoms with E-state index in [0.29, 0.717) is 22.4 Å². The van der Waals surface area contributed by atoms with Gasteiger partial charge in [-0.1, -0.05) is 11.6 Å². The molecule has 3 aromatic rings. The second kappa shape index (κ2) is 3.96. The lowest BCUT2D eigenvalue weighted by atomic mass is 10.3. The van der Waals surface area contributed by atoms with E-state index < -0.39 is 0 Å². The van der Waals surface area contributed by atoms with Gasteiger partial charge in [-0.2, -0.15) is 0 Å². The molecule has 0 amide bonds. The van der Waals surface area contributed by atoms with Crippen LogP contribution < -0.4 is 5.73 Å². The van der Waals surface area contributed by atoms with E-state index in [4.69, 9.17) is 17.3 Å². The molecule has 3 rings (SSSR count). The number of aromatic nitrogens is 4. The van der Waals surface area contributed by atoms with E-state index in [1.54, 1.807) is 18.5 Å². The van der Waals surface area contributed by atoms with Gasteiger partial charge < -0.3 is 10.3 Å². The van der Waals surface area contributed by atoms with Crippen molar-refractivity contribution in [2.45, 2.75) is 0 Å². The van der Waals surface area contributed by atoms with Crippen LogP contribution in [0.4, 0.5) is 5.82 Å². The van der Waals surface area contributed by atoms with Gasteiger partial charge in [0.25, 0.3) is 0 Å². The van der Waals surface area contributed by atoms with Crippen molar-refractivity contribution in [1.29, 1.82) is 0 Å². The van der Waals surface area contributed by atoms with Gasteiger partial charge >= 0.3 is 0 Å². The van der Waals surface area contributed by atoms with Crippen molar-refractivity contribution in [3.8, 4) is 11.5 Å². The zero-order chi connectivity index (χ0) is 12.7. The third-order valence-electron chi connectivity index (χ3n) is 2.78. The molecule has 6 heteroatoms. The lowest BCUT2D eigenvalue weighted by molar-refractivity contribution is 0.948. The first-order valence-electron chi connectivity index (χ1n) is 5.35. The van der Waals surface area contributed by atoms with Crippen LogP contribution in [0, 0.1) is 0 Å². The summed E-state index contributed by atoms with van der Waals surface area (Å²) in [4.78, 5) is 12.7. The Labute approximate surface area is 108 Å². The summed E-state index contributed by atoms with van der Waals surface area (Å²) in [6.45, 7) is 0. The van der Waals surface area contributed by atoms with Crippen LogP contribution in [0.3, 0.4) is 0 Å². The maximum Gasteiger partial charge on any atom is 0.163 e. The molecule has 0 aliphatic heterocycles. The predicted octanol–water partition coefficient (Wildman–Crippen LogP) is 2.27. The standard InChI is InChI=1S/C12H10ClN5/c1-18-9-6-7(13)2-3-8(9)17-12(18)10-11(14)16-5-4-15-10/h2-6H,1H3,(H2,14,16). The normalized spacial score (nSPS) is 11.0. The molecule has 1 aromatic carbocycles. The Morgan fingerprint density at radius 1 is 1.22 bits per heavy atom. The zero-order valence-corrected chi connectivity index (χ0v) is 10.4. The largest absolute Gasteiger partial charge is 0.382 e. The summed E-state index contributed by atoms with van der Waals surface area (Å²) in [5, 5.41) is 0.671. The number of hydrogen-bond donors (Lipinski definition) is 1. The lowest BCUT2D eigenvalue weighted by Crippen LogP contribution is -2.00. The molecule has 90 valence electrons. The summed E-state index contributed by atoms with van der Waals surface area (Å²) in [6.07, 6.45) is 3.15. The fourth-order valence-electron chi connectivity index (χ4n) is 1.90. The van der Waals surface area contributed by atoms with Gasteiger partial charge in [0, 0.05) is 24.5 Å². The highest BCUT2D eigenvalue weighted by molar-refractivity contribution is 6.31. The minimum absolute atomic E-state index is 0.363. The number of hydrogen-bond acceptors (Lipinski definition) is 4. The first-order valence-corrected chi connectivity index (χ1v) is 5.73. The number of anilines is 1. The van der Waals surface area contributed by atoms with Crippen LogP contribution in [0.5, 0.6) is 0 Å². The Kier molecular flexibility index (Phi) is 2.41. The van der Waals surface area contributed by atoms with Gasteiger partial charge in [-0.25, -0.2) is 15.0 Å². The maximum absolute atomic E-state index is 5.98. The van der Waals surface area contributed by atoms with Gasteiger partial charge in [0.15, 0.2) is 11.6 Å². The van der Waals surface area contributed by atoms with E-state index in [1.807, 2.05) is 23.7 Å². The Balaban J connectivity index is 2.31. The molecule has 18 heavy (non-hydrogen) atoms. The fourth-order valence-corrected chi connectivity index (χ4v) is 2.06. The Morgan fingerprint density at radius 2 is 2.00 bits per heavy atom. The second-order valence-electron chi connectivity index (χ2n) is 3.92. The highest BCUT2D eigenvalue weighted by Gasteiger charge is 2.14. The van der Waals surface area contributed by atoms with Gasteiger partial charge in [-0.3, -0.25) is 0 Å². The molecule has 2 aromatic heterocycles. The molecule has 0 bridgehead atoms. The van der Waals surface area contributed by atoms with Crippen LogP contribution in [0.2, 0.25) is 5.02 Å². The van der Waals surface area contributed by atoms with Crippen molar-refractivity contribution in [3.63, 3.8) is 0 Å². The predicted molar refractivity (Wildman–Crippen MR) is 71.2 cm³/mol. The maximum atomic E-state index is 5.98. The highest BCUT2D eigenvalue weighted by Crippen LogP contribution is 2.26. The number of nitrogen functional groups attached to an aromatic ring is 1. The molecular weight excluding hydrogens is 250 g/mol. The van der Waals surface area contributed by atoms with E-state index in [1.165, 1.54) is 0 Å². The summed E-state index contributed by atoms with van der Waals surface area (Å²) in [6, 6.07) is 5.54. The van der Waals surface area contributed by atoms with Crippen LogP contribution >= 0.6 is 11.6 Å². The fraction of sp³-hybridized carbons (Fsp3) is 0.0833. The topological polar surface area (TPSA) is 69.6 Å². The smallest absolute Gasteiger partial charge is 0.163 e. The summed E-state index contributed by atoms with van der Waals surface area (Å²) in [5.41, 5.74) is 8.18.